The van der Waals surface area contributed by atoms with Gasteiger partial charge in [-0.3, -0.25) is 9.52 Å². The zero-order valence-corrected chi connectivity index (χ0v) is 18.9. The number of carbonyl (C=O) groups is 1. The van der Waals surface area contributed by atoms with E-state index in [0.29, 0.717) is 16.9 Å². The maximum Gasteiger partial charge on any atom is 0.262 e. The summed E-state index contributed by atoms with van der Waals surface area (Å²) in [6.45, 7) is 5.62. The van der Waals surface area contributed by atoms with Gasteiger partial charge in [0.15, 0.2) is 0 Å². The van der Waals surface area contributed by atoms with E-state index < -0.39 is 15.9 Å². The number of hydrogen-bond acceptors (Lipinski definition) is 5. The summed E-state index contributed by atoms with van der Waals surface area (Å²) in [4.78, 5) is 19.5. The quantitative estimate of drug-likeness (QED) is 0.583. The average molecular weight is 451 g/mol. The molecule has 1 saturated heterocycles. The van der Waals surface area contributed by atoms with Gasteiger partial charge in [-0.2, -0.15) is 0 Å². The molecule has 1 fully saturated rings. The van der Waals surface area contributed by atoms with Crippen LogP contribution in [0.1, 0.15) is 34.3 Å². The summed E-state index contributed by atoms with van der Waals surface area (Å²) in [5, 5.41) is 2.79. The monoisotopic (exact) mass is 450 g/mol. The zero-order chi connectivity index (χ0) is 22.7. The Morgan fingerprint density at radius 1 is 0.938 bits per heavy atom. The van der Waals surface area contributed by atoms with Crippen LogP contribution < -0.4 is 14.9 Å². The summed E-state index contributed by atoms with van der Waals surface area (Å²) in [7, 11) is -3.85. The van der Waals surface area contributed by atoms with E-state index >= 15 is 0 Å². The molecule has 32 heavy (non-hydrogen) atoms. The third kappa shape index (κ3) is 4.91. The van der Waals surface area contributed by atoms with Crippen LogP contribution in [0.2, 0.25) is 0 Å². The van der Waals surface area contributed by atoms with Crippen molar-refractivity contribution in [1.29, 1.82) is 0 Å². The molecule has 166 valence electrons. The summed E-state index contributed by atoms with van der Waals surface area (Å²) >= 11 is 0. The normalized spacial score (nSPS) is 13.8. The molecule has 0 unspecified atom stereocenters. The van der Waals surface area contributed by atoms with Crippen molar-refractivity contribution in [3.05, 3.63) is 77.5 Å². The number of aromatic nitrogens is 1. The van der Waals surface area contributed by atoms with Crippen LogP contribution in [0, 0.1) is 13.8 Å². The topological polar surface area (TPSA) is 91.4 Å². The van der Waals surface area contributed by atoms with Gasteiger partial charge in [-0.25, -0.2) is 13.4 Å². The number of sulfonamides is 1. The van der Waals surface area contributed by atoms with Gasteiger partial charge in [0, 0.05) is 24.3 Å². The molecular formula is C24H26N4O3S. The van der Waals surface area contributed by atoms with Crippen LogP contribution in [0.25, 0.3) is 0 Å². The van der Waals surface area contributed by atoms with Crippen molar-refractivity contribution in [3.8, 4) is 0 Å². The first-order valence-corrected chi connectivity index (χ1v) is 12.0. The number of rotatable bonds is 6. The molecule has 8 heteroatoms. The minimum Gasteiger partial charge on any atom is -0.357 e. The first-order valence-electron chi connectivity index (χ1n) is 10.5. The number of anilines is 3. The van der Waals surface area contributed by atoms with Crippen molar-refractivity contribution in [2.24, 2.45) is 0 Å². The van der Waals surface area contributed by atoms with Gasteiger partial charge in [-0.1, -0.05) is 23.8 Å². The molecule has 3 aromatic rings. The summed E-state index contributed by atoms with van der Waals surface area (Å²) in [5.41, 5.74) is 2.86. The second-order valence-corrected chi connectivity index (χ2v) is 9.66. The molecule has 2 N–H and O–H groups in total. The van der Waals surface area contributed by atoms with E-state index in [-0.39, 0.29) is 10.5 Å². The molecule has 4 rings (SSSR count). The summed E-state index contributed by atoms with van der Waals surface area (Å²) < 4.78 is 28.5. The van der Waals surface area contributed by atoms with Gasteiger partial charge in [-0.15, -0.1) is 0 Å². The minimum atomic E-state index is -3.85. The molecule has 0 aliphatic carbocycles. The fourth-order valence-electron chi connectivity index (χ4n) is 3.66. The van der Waals surface area contributed by atoms with Crippen LogP contribution in [-0.2, 0) is 10.0 Å². The van der Waals surface area contributed by atoms with Gasteiger partial charge in [-0.05, 0) is 68.7 Å². The summed E-state index contributed by atoms with van der Waals surface area (Å²) in [6, 6.07) is 15.4. The summed E-state index contributed by atoms with van der Waals surface area (Å²) in [6.07, 6.45) is 3.95. The van der Waals surface area contributed by atoms with E-state index in [9.17, 15) is 13.2 Å². The standard InChI is InChI=1S/C24H26N4O3S/c1-17-5-9-20(10-6-17)27-32(30,31)22-15-19(8-7-18(22)2)24(29)26-21-11-12-23(25-16-21)28-13-3-4-14-28/h5-12,15-16,27H,3-4,13-14H2,1-2H3,(H,26,29). The van der Waals surface area contributed by atoms with E-state index in [1.807, 2.05) is 31.2 Å². The Labute approximate surface area is 188 Å². The predicted octanol–water partition coefficient (Wildman–Crippen LogP) is 4.35. The number of nitrogens with one attached hydrogen (secondary N) is 2. The average Bonchev–Trinajstić information content (AvgIpc) is 3.31. The van der Waals surface area contributed by atoms with Gasteiger partial charge in [0.25, 0.3) is 15.9 Å². The second-order valence-electron chi connectivity index (χ2n) is 8.01. The second kappa shape index (κ2) is 9.00. The van der Waals surface area contributed by atoms with Crippen molar-refractivity contribution in [3.63, 3.8) is 0 Å². The lowest BCUT2D eigenvalue weighted by atomic mass is 10.1. The predicted molar refractivity (Wildman–Crippen MR) is 127 cm³/mol. The lowest BCUT2D eigenvalue weighted by molar-refractivity contribution is 0.102. The number of amides is 1. The molecule has 7 nitrogen and oxygen atoms in total. The summed E-state index contributed by atoms with van der Waals surface area (Å²) in [5.74, 6) is 0.499. The Hall–Kier alpha value is -3.39. The fourth-order valence-corrected chi connectivity index (χ4v) is 4.99. The number of hydrogen-bond donors (Lipinski definition) is 2. The number of carbonyl (C=O) groups excluding carboxylic acids is 1. The molecule has 1 amide bonds. The van der Waals surface area contributed by atoms with E-state index in [1.54, 1.807) is 37.4 Å². The van der Waals surface area contributed by atoms with Crippen LogP contribution in [-0.4, -0.2) is 32.4 Å². The van der Waals surface area contributed by atoms with Gasteiger partial charge >= 0.3 is 0 Å². The number of nitrogens with zero attached hydrogens (tertiary/aromatic N) is 2. The fraction of sp³-hybridized carbons (Fsp3) is 0.250. The van der Waals surface area contributed by atoms with Crippen LogP contribution in [0.5, 0.6) is 0 Å². The lowest BCUT2D eigenvalue weighted by Gasteiger charge is -2.16. The Balaban J connectivity index is 1.51. The maximum absolute atomic E-state index is 12.9. The van der Waals surface area contributed by atoms with Gasteiger partial charge in [0.1, 0.15) is 5.82 Å². The zero-order valence-electron chi connectivity index (χ0n) is 18.1. The lowest BCUT2D eigenvalue weighted by Crippen LogP contribution is -2.19. The Morgan fingerprint density at radius 3 is 2.28 bits per heavy atom. The number of pyridine rings is 1. The largest absolute Gasteiger partial charge is 0.357 e. The van der Waals surface area contributed by atoms with Crippen molar-refractivity contribution < 1.29 is 13.2 Å². The number of aryl methyl sites for hydroxylation is 2. The molecule has 1 aromatic heterocycles. The first kappa shape index (κ1) is 21.8. The van der Waals surface area contributed by atoms with Crippen LogP contribution >= 0.6 is 0 Å². The third-order valence-corrected chi connectivity index (χ3v) is 7.00. The van der Waals surface area contributed by atoms with E-state index in [0.717, 1.165) is 37.3 Å². The molecule has 2 heterocycles. The third-order valence-electron chi connectivity index (χ3n) is 5.48. The molecule has 0 spiro atoms. The van der Waals surface area contributed by atoms with Crippen molar-refractivity contribution >= 4 is 33.1 Å². The molecule has 2 aromatic carbocycles. The highest BCUT2D eigenvalue weighted by Crippen LogP contribution is 2.23. The highest BCUT2D eigenvalue weighted by molar-refractivity contribution is 7.92. The molecule has 0 bridgehead atoms. The van der Waals surface area contributed by atoms with Crippen LogP contribution in [0.15, 0.2) is 65.7 Å². The Kier molecular flexibility index (Phi) is 6.14. The molecule has 1 aliphatic heterocycles. The van der Waals surface area contributed by atoms with E-state index in [1.165, 1.54) is 6.07 Å². The molecule has 0 saturated carbocycles. The van der Waals surface area contributed by atoms with Crippen LogP contribution in [0.3, 0.4) is 0 Å². The number of benzene rings is 2. The minimum absolute atomic E-state index is 0.0632. The SMILES string of the molecule is Cc1ccc(NS(=O)(=O)c2cc(C(=O)Nc3ccc(N4CCCC4)nc3)ccc2C)cc1. The molecule has 0 atom stereocenters. The van der Waals surface area contributed by atoms with Crippen molar-refractivity contribution in [1.82, 2.24) is 4.98 Å². The van der Waals surface area contributed by atoms with Gasteiger partial charge < -0.3 is 10.2 Å². The van der Waals surface area contributed by atoms with Crippen LogP contribution in [0.4, 0.5) is 17.2 Å². The van der Waals surface area contributed by atoms with Crippen molar-refractivity contribution in [2.75, 3.05) is 28.0 Å². The highest BCUT2D eigenvalue weighted by atomic mass is 32.2. The Morgan fingerprint density at radius 2 is 1.62 bits per heavy atom. The smallest absolute Gasteiger partial charge is 0.262 e. The highest BCUT2D eigenvalue weighted by Gasteiger charge is 2.20. The van der Waals surface area contributed by atoms with Gasteiger partial charge in [0.2, 0.25) is 0 Å². The first-order chi connectivity index (χ1) is 15.3. The van der Waals surface area contributed by atoms with Gasteiger partial charge in [0.05, 0.1) is 16.8 Å². The molecule has 0 radical (unpaired) electrons. The van der Waals surface area contributed by atoms with Crippen molar-refractivity contribution in [2.45, 2.75) is 31.6 Å². The molecular weight excluding hydrogens is 424 g/mol. The Bertz CT molecular complexity index is 1220. The van der Waals surface area contributed by atoms with E-state index in [2.05, 4.69) is 19.9 Å². The maximum atomic E-state index is 12.9. The van der Waals surface area contributed by atoms with E-state index in [4.69, 9.17) is 0 Å². The molecule has 1 aliphatic rings.